The van der Waals surface area contributed by atoms with Gasteiger partial charge in [-0.1, -0.05) is 12.1 Å². The minimum atomic E-state index is -2.88. The van der Waals surface area contributed by atoms with Gasteiger partial charge in [0.2, 0.25) is 0 Å². The van der Waals surface area contributed by atoms with E-state index in [1.165, 1.54) is 0 Å². The summed E-state index contributed by atoms with van der Waals surface area (Å²) in [5, 5.41) is 3.29. The van der Waals surface area contributed by atoms with Crippen molar-refractivity contribution in [2.45, 2.75) is 25.8 Å². The molecule has 118 valence electrons. The molecule has 1 heterocycles. The monoisotopic (exact) mass is 313 g/mol. The highest BCUT2D eigenvalue weighted by molar-refractivity contribution is 7.91. The molecule has 1 atom stereocenters. The Morgan fingerprint density at radius 3 is 2.48 bits per heavy atom. The first-order chi connectivity index (χ1) is 9.94. The van der Waals surface area contributed by atoms with Gasteiger partial charge in [0.1, 0.15) is 6.61 Å². The molecule has 21 heavy (non-hydrogen) atoms. The van der Waals surface area contributed by atoms with E-state index in [-0.39, 0.29) is 17.0 Å². The Hall–Kier alpha value is -1.27. The van der Waals surface area contributed by atoms with Crippen LogP contribution in [-0.4, -0.2) is 45.2 Å². The summed E-state index contributed by atoms with van der Waals surface area (Å²) in [5.41, 5.74) is -0.332. The predicted octanol–water partition coefficient (Wildman–Crippen LogP) is 1.63. The van der Waals surface area contributed by atoms with Crippen molar-refractivity contribution in [2.75, 3.05) is 31.3 Å². The van der Waals surface area contributed by atoms with Crippen molar-refractivity contribution >= 4 is 9.84 Å². The second kappa shape index (κ2) is 6.66. The van der Waals surface area contributed by atoms with E-state index in [2.05, 4.69) is 5.32 Å². The van der Waals surface area contributed by atoms with E-state index < -0.39 is 9.84 Å². The van der Waals surface area contributed by atoms with Crippen LogP contribution in [0.5, 0.6) is 11.5 Å². The fourth-order valence-corrected chi connectivity index (χ4v) is 4.63. The van der Waals surface area contributed by atoms with Crippen molar-refractivity contribution in [3.63, 3.8) is 0 Å². The number of hydrogen-bond acceptors (Lipinski definition) is 5. The van der Waals surface area contributed by atoms with E-state index in [0.717, 1.165) is 5.75 Å². The zero-order valence-electron chi connectivity index (χ0n) is 12.6. The molecule has 0 saturated carbocycles. The number of benzene rings is 1. The van der Waals surface area contributed by atoms with Gasteiger partial charge in [0.05, 0.1) is 18.1 Å². The topological polar surface area (TPSA) is 64.6 Å². The minimum absolute atomic E-state index is 0.204. The summed E-state index contributed by atoms with van der Waals surface area (Å²) in [6, 6.07) is 7.54. The van der Waals surface area contributed by atoms with Crippen LogP contribution >= 0.6 is 0 Å². The zero-order chi connectivity index (χ0) is 15.3. The summed E-state index contributed by atoms with van der Waals surface area (Å²) in [5.74, 6) is 1.92. The van der Waals surface area contributed by atoms with E-state index in [0.29, 0.717) is 31.9 Å². The Balaban J connectivity index is 1.80. The fraction of sp³-hybridized carbons (Fsp3) is 0.600. The third kappa shape index (κ3) is 4.61. The van der Waals surface area contributed by atoms with E-state index in [4.69, 9.17) is 9.47 Å². The molecular weight excluding hydrogens is 290 g/mol. The van der Waals surface area contributed by atoms with Gasteiger partial charge in [-0.05, 0) is 32.4 Å². The van der Waals surface area contributed by atoms with Gasteiger partial charge < -0.3 is 14.8 Å². The molecule has 1 aliphatic heterocycles. The predicted molar refractivity (Wildman–Crippen MR) is 82.8 cm³/mol. The standard InChI is InChI=1S/C15H23NO4S/c1-3-19-13-6-4-5-7-14(13)20-10-9-16-15(2)8-11-21(17,18)12-15/h4-7,16H,3,8-12H2,1-2H3. The van der Waals surface area contributed by atoms with E-state index in [1.54, 1.807) is 0 Å². The first-order valence-corrected chi connectivity index (χ1v) is 9.06. The van der Waals surface area contributed by atoms with Gasteiger partial charge in [0.15, 0.2) is 21.3 Å². The Morgan fingerprint density at radius 1 is 1.24 bits per heavy atom. The van der Waals surface area contributed by atoms with Crippen molar-refractivity contribution in [3.05, 3.63) is 24.3 Å². The third-order valence-corrected chi connectivity index (χ3v) is 5.47. The molecule has 0 radical (unpaired) electrons. The molecule has 1 saturated heterocycles. The van der Waals surface area contributed by atoms with Gasteiger partial charge in [-0.3, -0.25) is 0 Å². The summed E-state index contributed by atoms with van der Waals surface area (Å²) in [6.07, 6.45) is 0.658. The maximum atomic E-state index is 11.5. The van der Waals surface area contributed by atoms with Crippen LogP contribution in [0, 0.1) is 0 Å². The Kier molecular flexibility index (Phi) is 5.11. The molecule has 1 unspecified atom stereocenters. The molecule has 0 amide bonds. The lowest BCUT2D eigenvalue weighted by Gasteiger charge is -2.24. The van der Waals surface area contributed by atoms with Crippen molar-refractivity contribution in [1.29, 1.82) is 0 Å². The number of ether oxygens (including phenoxy) is 2. The summed E-state index contributed by atoms with van der Waals surface area (Å²) < 4.78 is 34.3. The highest BCUT2D eigenvalue weighted by atomic mass is 32.2. The molecule has 1 aromatic carbocycles. The van der Waals surface area contributed by atoms with Crippen molar-refractivity contribution < 1.29 is 17.9 Å². The molecular formula is C15H23NO4S. The Bertz CT molecular complexity index is 573. The maximum Gasteiger partial charge on any atom is 0.161 e. The molecule has 0 bridgehead atoms. The number of sulfone groups is 1. The molecule has 1 aromatic rings. The van der Waals surface area contributed by atoms with Gasteiger partial charge >= 0.3 is 0 Å². The van der Waals surface area contributed by atoms with E-state index in [9.17, 15) is 8.42 Å². The SMILES string of the molecule is CCOc1ccccc1OCCNC1(C)CCS(=O)(=O)C1. The molecule has 0 aliphatic carbocycles. The van der Waals surface area contributed by atoms with E-state index >= 15 is 0 Å². The summed E-state index contributed by atoms with van der Waals surface area (Å²) in [4.78, 5) is 0. The van der Waals surface area contributed by atoms with Gasteiger partial charge in [0.25, 0.3) is 0 Å². The first kappa shape index (κ1) is 16.1. The van der Waals surface area contributed by atoms with Crippen LogP contribution in [0.4, 0.5) is 0 Å². The van der Waals surface area contributed by atoms with Gasteiger partial charge in [-0.2, -0.15) is 0 Å². The largest absolute Gasteiger partial charge is 0.490 e. The molecule has 1 N–H and O–H groups in total. The Morgan fingerprint density at radius 2 is 1.90 bits per heavy atom. The highest BCUT2D eigenvalue weighted by Crippen LogP contribution is 2.26. The van der Waals surface area contributed by atoms with Crippen LogP contribution in [0.1, 0.15) is 20.3 Å². The first-order valence-electron chi connectivity index (χ1n) is 7.24. The molecule has 0 aromatic heterocycles. The van der Waals surface area contributed by atoms with Crippen molar-refractivity contribution in [1.82, 2.24) is 5.32 Å². The highest BCUT2D eigenvalue weighted by Gasteiger charge is 2.37. The van der Waals surface area contributed by atoms with Crippen LogP contribution in [0.15, 0.2) is 24.3 Å². The van der Waals surface area contributed by atoms with Crippen LogP contribution < -0.4 is 14.8 Å². The molecule has 5 nitrogen and oxygen atoms in total. The smallest absolute Gasteiger partial charge is 0.161 e. The molecule has 6 heteroatoms. The number of para-hydroxylation sites is 2. The molecule has 2 rings (SSSR count). The van der Waals surface area contributed by atoms with Crippen molar-refractivity contribution in [2.24, 2.45) is 0 Å². The molecule has 1 fully saturated rings. The summed E-state index contributed by atoms with van der Waals surface area (Å²) in [7, 11) is -2.88. The number of rotatable bonds is 7. The second-order valence-corrected chi connectivity index (χ2v) is 7.74. The lowest BCUT2D eigenvalue weighted by Crippen LogP contribution is -2.45. The summed E-state index contributed by atoms with van der Waals surface area (Å²) in [6.45, 7) is 5.55. The van der Waals surface area contributed by atoms with Crippen molar-refractivity contribution in [3.8, 4) is 11.5 Å². The average molecular weight is 313 g/mol. The van der Waals surface area contributed by atoms with Crippen LogP contribution in [0.25, 0.3) is 0 Å². The van der Waals surface area contributed by atoms with Gasteiger partial charge in [-0.25, -0.2) is 8.42 Å². The number of nitrogens with one attached hydrogen (secondary N) is 1. The number of hydrogen-bond donors (Lipinski definition) is 1. The van der Waals surface area contributed by atoms with Crippen LogP contribution in [-0.2, 0) is 9.84 Å². The third-order valence-electron chi connectivity index (χ3n) is 3.56. The lowest BCUT2D eigenvalue weighted by molar-refractivity contribution is 0.262. The molecule has 0 spiro atoms. The Labute approximate surface area is 126 Å². The second-order valence-electron chi connectivity index (χ2n) is 5.56. The summed E-state index contributed by atoms with van der Waals surface area (Å²) >= 11 is 0. The van der Waals surface area contributed by atoms with E-state index in [1.807, 2.05) is 38.1 Å². The maximum absolute atomic E-state index is 11.5. The van der Waals surface area contributed by atoms with Crippen LogP contribution in [0.2, 0.25) is 0 Å². The average Bonchev–Trinajstić information content (AvgIpc) is 2.71. The lowest BCUT2D eigenvalue weighted by atomic mass is 10.0. The zero-order valence-corrected chi connectivity index (χ0v) is 13.4. The normalized spacial score (nSPS) is 23.9. The van der Waals surface area contributed by atoms with Gasteiger partial charge in [-0.15, -0.1) is 0 Å². The molecule has 1 aliphatic rings. The quantitative estimate of drug-likeness (QED) is 0.775. The van der Waals surface area contributed by atoms with Gasteiger partial charge in [0, 0.05) is 12.1 Å². The fourth-order valence-electron chi connectivity index (χ4n) is 2.51. The van der Waals surface area contributed by atoms with Crippen LogP contribution in [0.3, 0.4) is 0 Å². The minimum Gasteiger partial charge on any atom is -0.490 e.